The molecule has 144 valence electrons. The van der Waals surface area contributed by atoms with Gasteiger partial charge in [-0.2, -0.15) is 0 Å². The van der Waals surface area contributed by atoms with Crippen molar-refractivity contribution >= 4 is 17.7 Å². The van der Waals surface area contributed by atoms with Gasteiger partial charge in [0.1, 0.15) is 5.76 Å². The third-order valence-corrected chi connectivity index (χ3v) is 5.52. The van der Waals surface area contributed by atoms with Crippen LogP contribution in [-0.4, -0.2) is 17.9 Å². The Labute approximate surface area is 167 Å². The molecule has 7 heteroatoms. The van der Waals surface area contributed by atoms with Crippen LogP contribution in [0.5, 0.6) is 11.5 Å². The van der Waals surface area contributed by atoms with E-state index in [-0.39, 0.29) is 18.7 Å². The summed E-state index contributed by atoms with van der Waals surface area (Å²) < 4.78 is 16.0. The Hall–Kier alpha value is -2.93. The molecule has 2 heterocycles. The molecule has 1 amide bonds. The summed E-state index contributed by atoms with van der Waals surface area (Å²) >= 11 is 1.55. The molecule has 0 fully saturated rings. The highest BCUT2D eigenvalue weighted by Crippen LogP contribution is 2.34. The minimum atomic E-state index is -0.169. The lowest BCUT2D eigenvalue weighted by atomic mass is 10.1. The van der Waals surface area contributed by atoms with E-state index in [2.05, 4.69) is 10.5 Å². The second-order valence-corrected chi connectivity index (χ2v) is 7.54. The van der Waals surface area contributed by atoms with Crippen molar-refractivity contribution in [1.29, 1.82) is 0 Å². The average Bonchev–Trinajstić information content (AvgIpc) is 3.34. The lowest BCUT2D eigenvalue weighted by Gasteiger charge is -2.16. The molecule has 0 bridgehead atoms. The molecule has 1 aromatic heterocycles. The minimum absolute atomic E-state index is 0.123. The molecular weight excluding hydrogens is 376 g/mol. The fourth-order valence-electron chi connectivity index (χ4n) is 2.95. The number of carbonyl (C=O) groups is 1. The van der Waals surface area contributed by atoms with Gasteiger partial charge in [0.25, 0.3) is 5.91 Å². The van der Waals surface area contributed by atoms with Gasteiger partial charge in [0.05, 0.1) is 23.1 Å². The number of carbonyl (C=O) groups excluding carboxylic acids is 1. The lowest BCUT2D eigenvalue weighted by molar-refractivity contribution is 0.0937. The molecule has 1 aliphatic heterocycles. The first-order chi connectivity index (χ1) is 13.6. The SMILES string of the molecule is Cc1cc(CSc2ccccc2C(=O)NC(C)c2ccc3c(c2)OCO3)on1. The summed E-state index contributed by atoms with van der Waals surface area (Å²) in [5.74, 6) is 2.71. The van der Waals surface area contributed by atoms with Gasteiger partial charge >= 0.3 is 0 Å². The molecule has 3 aromatic rings. The normalized spacial score (nSPS) is 13.4. The number of benzene rings is 2. The Morgan fingerprint density at radius 1 is 1.18 bits per heavy atom. The molecule has 1 atom stereocenters. The largest absolute Gasteiger partial charge is 0.454 e. The summed E-state index contributed by atoms with van der Waals surface area (Å²) in [5.41, 5.74) is 2.44. The minimum Gasteiger partial charge on any atom is -0.454 e. The Balaban J connectivity index is 1.45. The van der Waals surface area contributed by atoms with Gasteiger partial charge < -0.3 is 19.3 Å². The number of ether oxygens (including phenoxy) is 2. The Morgan fingerprint density at radius 3 is 2.82 bits per heavy atom. The molecule has 0 spiro atoms. The standard InChI is InChI=1S/C21H20N2O4S/c1-13-9-16(27-23-13)11-28-20-6-4-3-5-17(20)21(24)22-14(2)15-7-8-18-19(10-15)26-12-25-18/h3-10,14H,11-12H2,1-2H3,(H,22,24). The highest BCUT2D eigenvalue weighted by atomic mass is 32.2. The number of thioether (sulfide) groups is 1. The van der Waals surface area contributed by atoms with Crippen LogP contribution in [0.1, 0.15) is 40.3 Å². The first-order valence-electron chi connectivity index (χ1n) is 8.94. The van der Waals surface area contributed by atoms with Crippen LogP contribution in [0, 0.1) is 6.92 Å². The fraction of sp³-hybridized carbons (Fsp3) is 0.238. The quantitative estimate of drug-likeness (QED) is 0.619. The molecule has 0 saturated heterocycles. The molecule has 1 unspecified atom stereocenters. The van der Waals surface area contributed by atoms with Crippen LogP contribution in [0.4, 0.5) is 0 Å². The van der Waals surface area contributed by atoms with E-state index < -0.39 is 0 Å². The van der Waals surface area contributed by atoms with E-state index in [0.29, 0.717) is 17.1 Å². The van der Waals surface area contributed by atoms with Gasteiger partial charge in [-0.3, -0.25) is 4.79 Å². The highest BCUT2D eigenvalue weighted by Gasteiger charge is 2.19. The maximum absolute atomic E-state index is 12.9. The monoisotopic (exact) mass is 396 g/mol. The molecule has 1 N–H and O–H groups in total. The van der Waals surface area contributed by atoms with Crippen molar-refractivity contribution in [3.63, 3.8) is 0 Å². The average molecular weight is 396 g/mol. The van der Waals surface area contributed by atoms with Crippen molar-refractivity contribution in [2.75, 3.05) is 6.79 Å². The second kappa shape index (κ2) is 7.98. The van der Waals surface area contributed by atoms with Crippen LogP contribution in [0.3, 0.4) is 0 Å². The lowest BCUT2D eigenvalue weighted by Crippen LogP contribution is -2.27. The zero-order chi connectivity index (χ0) is 19.5. The van der Waals surface area contributed by atoms with Crippen LogP contribution < -0.4 is 14.8 Å². The maximum atomic E-state index is 12.9. The second-order valence-electron chi connectivity index (χ2n) is 6.53. The number of hydrogen-bond donors (Lipinski definition) is 1. The predicted octanol–water partition coefficient (Wildman–Crippen LogP) is 4.50. The molecule has 6 nitrogen and oxygen atoms in total. The number of hydrogen-bond acceptors (Lipinski definition) is 6. The summed E-state index contributed by atoms with van der Waals surface area (Å²) in [6.07, 6.45) is 0. The van der Waals surface area contributed by atoms with E-state index in [1.54, 1.807) is 11.8 Å². The van der Waals surface area contributed by atoms with Gasteiger partial charge in [-0.15, -0.1) is 11.8 Å². The summed E-state index contributed by atoms with van der Waals surface area (Å²) in [7, 11) is 0. The molecule has 2 aromatic carbocycles. The molecule has 4 rings (SSSR count). The van der Waals surface area contributed by atoms with Crippen molar-refractivity contribution in [2.45, 2.75) is 30.5 Å². The highest BCUT2D eigenvalue weighted by molar-refractivity contribution is 7.98. The third kappa shape index (κ3) is 3.99. The molecule has 0 saturated carbocycles. The number of nitrogens with one attached hydrogen (secondary N) is 1. The van der Waals surface area contributed by atoms with Crippen LogP contribution in [0.2, 0.25) is 0 Å². The molecule has 0 radical (unpaired) electrons. The summed E-state index contributed by atoms with van der Waals surface area (Å²) in [6, 6.07) is 15.0. The number of nitrogens with zero attached hydrogens (tertiary/aromatic N) is 1. The smallest absolute Gasteiger partial charge is 0.252 e. The van der Waals surface area contributed by atoms with Gasteiger partial charge in [-0.25, -0.2) is 0 Å². The van der Waals surface area contributed by atoms with Crippen molar-refractivity contribution < 1.29 is 18.8 Å². The van der Waals surface area contributed by atoms with Gasteiger partial charge in [-0.05, 0) is 43.7 Å². The van der Waals surface area contributed by atoms with E-state index in [1.165, 1.54) is 0 Å². The van der Waals surface area contributed by atoms with Crippen molar-refractivity contribution in [3.8, 4) is 11.5 Å². The summed E-state index contributed by atoms with van der Waals surface area (Å²) in [6.45, 7) is 4.06. The maximum Gasteiger partial charge on any atom is 0.252 e. The van der Waals surface area contributed by atoms with Crippen molar-refractivity contribution in [3.05, 3.63) is 71.1 Å². The predicted molar refractivity (Wildman–Crippen MR) is 106 cm³/mol. The number of aromatic nitrogens is 1. The van der Waals surface area contributed by atoms with Gasteiger partial charge in [-0.1, -0.05) is 23.4 Å². The van der Waals surface area contributed by atoms with Gasteiger partial charge in [0.15, 0.2) is 11.5 Å². The zero-order valence-corrected chi connectivity index (χ0v) is 16.4. The summed E-state index contributed by atoms with van der Waals surface area (Å²) in [4.78, 5) is 13.8. The Bertz CT molecular complexity index is 1000. The van der Waals surface area contributed by atoms with Crippen LogP contribution >= 0.6 is 11.8 Å². The van der Waals surface area contributed by atoms with Gasteiger partial charge in [0, 0.05) is 11.0 Å². The third-order valence-electron chi connectivity index (χ3n) is 4.42. The van der Waals surface area contributed by atoms with E-state index >= 15 is 0 Å². The van der Waals surface area contributed by atoms with E-state index in [9.17, 15) is 4.79 Å². The first-order valence-corrected chi connectivity index (χ1v) is 9.93. The Morgan fingerprint density at radius 2 is 2.00 bits per heavy atom. The summed E-state index contributed by atoms with van der Waals surface area (Å²) in [5, 5.41) is 6.96. The van der Waals surface area contributed by atoms with E-state index in [1.807, 2.05) is 62.4 Å². The van der Waals surface area contributed by atoms with Crippen molar-refractivity contribution in [1.82, 2.24) is 10.5 Å². The van der Waals surface area contributed by atoms with E-state index in [4.69, 9.17) is 14.0 Å². The van der Waals surface area contributed by atoms with Gasteiger partial charge in [0.2, 0.25) is 6.79 Å². The van der Waals surface area contributed by atoms with Crippen LogP contribution in [0.15, 0.2) is 57.9 Å². The number of rotatable bonds is 6. The Kier molecular flexibility index (Phi) is 5.25. The molecule has 0 aliphatic carbocycles. The van der Waals surface area contributed by atoms with Crippen LogP contribution in [0.25, 0.3) is 0 Å². The topological polar surface area (TPSA) is 73.6 Å². The molecule has 28 heavy (non-hydrogen) atoms. The number of fused-ring (bicyclic) bond motifs is 1. The molecule has 1 aliphatic rings. The first kappa shape index (κ1) is 18.4. The van der Waals surface area contributed by atoms with Crippen LogP contribution in [-0.2, 0) is 5.75 Å². The zero-order valence-electron chi connectivity index (χ0n) is 15.6. The fourth-order valence-corrected chi connectivity index (χ4v) is 3.88. The number of amides is 1. The number of aryl methyl sites for hydroxylation is 1. The molecular formula is C21H20N2O4S. The van der Waals surface area contributed by atoms with Crippen molar-refractivity contribution in [2.24, 2.45) is 0 Å². The van der Waals surface area contributed by atoms with E-state index in [0.717, 1.165) is 27.7 Å².